The molecule has 0 radical (unpaired) electrons. The molecule has 1 aliphatic rings. The second kappa shape index (κ2) is 12.3. The summed E-state index contributed by atoms with van der Waals surface area (Å²) in [6.45, 7) is 4.49. The van der Waals surface area contributed by atoms with Gasteiger partial charge in [-0.05, 0) is 37.1 Å². The quantitative estimate of drug-likeness (QED) is 0.351. The largest absolute Gasteiger partial charge is 0.494 e. The molecule has 1 amide bonds. The number of benzene rings is 2. The van der Waals surface area contributed by atoms with Crippen LogP contribution in [0.2, 0.25) is 5.02 Å². The minimum atomic E-state index is -3.45. The van der Waals surface area contributed by atoms with Gasteiger partial charge in [0, 0.05) is 32.6 Å². The number of fused-ring (bicyclic) bond motifs is 1. The van der Waals surface area contributed by atoms with Gasteiger partial charge in [-0.25, -0.2) is 13.4 Å². The number of carbonyl (C=O) groups is 1. The van der Waals surface area contributed by atoms with E-state index >= 15 is 0 Å². The summed E-state index contributed by atoms with van der Waals surface area (Å²) in [7, 11) is -1.88. The van der Waals surface area contributed by atoms with Gasteiger partial charge in [0.2, 0.25) is 5.91 Å². The summed E-state index contributed by atoms with van der Waals surface area (Å²) < 4.78 is 36.9. The standard InChI is InChI=1S/C25H30ClN3O5S2/c1-33-21-11-10-20(26)24-23(21)27-25(35-24)29(13-6-12-28-14-16-34-17-15-28)22(30)9-5-18-36(31,32)19-7-3-2-4-8-19/h2-4,7-8,10-11H,5-6,9,12-18H2,1H3. The number of nitrogens with zero attached hydrogens (tertiary/aromatic N) is 3. The summed E-state index contributed by atoms with van der Waals surface area (Å²) in [5.74, 6) is 0.338. The molecule has 0 bridgehead atoms. The van der Waals surface area contributed by atoms with Gasteiger partial charge in [-0.3, -0.25) is 14.6 Å². The molecule has 8 nitrogen and oxygen atoms in total. The van der Waals surface area contributed by atoms with E-state index in [1.54, 1.807) is 54.5 Å². The number of anilines is 1. The number of morpholine rings is 1. The Bertz CT molecular complexity index is 1280. The Kier molecular flexibility index (Phi) is 9.19. The Morgan fingerprint density at radius 2 is 1.92 bits per heavy atom. The lowest BCUT2D eigenvalue weighted by Crippen LogP contribution is -2.39. The van der Waals surface area contributed by atoms with Gasteiger partial charge < -0.3 is 9.47 Å². The fraction of sp³-hybridized carbons (Fsp3) is 0.440. The van der Waals surface area contributed by atoms with Gasteiger partial charge >= 0.3 is 0 Å². The average molecular weight is 552 g/mol. The highest BCUT2D eigenvalue weighted by Gasteiger charge is 2.23. The van der Waals surface area contributed by atoms with Crippen LogP contribution in [-0.2, 0) is 19.4 Å². The zero-order valence-corrected chi connectivity index (χ0v) is 22.6. The van der Waals surface area contributed by atoms with Crippen molar-refractivity contribution in [2.75, 3.05) is 57.2 Å². The van der Waals surface area contributed by atoms with Crippen LogP contribution in [0.3, 0.4) is 0 Å². The Morgan fingerprint density at radius 1 is 1.17 bits per heavy atom. The average Bonchev–Trinajstić information content (AvgIpc) is 3.34. The first-order valence-corrected chi connectivity index (χ1v) is 14.7. The first kappa shape index (κ1) is 26.8. The van der Waals surface area contributed by atoms with Crippen molar-refractivity contribution in [2.45, 2.75) is 24.2 Å². The number of hydrogen-bond acceptors (Lipinski definition) is 8. The molecular weight excluding hydrogens is 522 g/mol. The zero-order chi connectivity index (χ0) is 25.5. The summed E-state index contributed by atoms with van der Waals surface area (Å²) >= 11 is 7.75. The molecule has 2 aromatic carbocycles. The molecule has 0 aliphatic carbocycles. The highest BCUT2D eigenvalue weighted by Crippen LogP contribution is 2.39. The molecule has 0 unspecified atom stereocenters. The van der Waals surface area contributed by atoms with Crippen molar-refractivity contribution in [1.29, 1.82) is 0 Å². The van der Waals surface area contributed by atoms with Crippen molar-refractivity contribution in [3.05, 3.63) is 47.5 Å². The third kappa shape index (κ3) is 6.54. The van der Waals surface area contributed by atoms with Gasteiger partial charge in [0.05, 0.1) is 40.7 Å². The first-order valence-electron chi connectivity index (χ1n) is 11.9. The van der Waals surface area contributed by atoms with E-state index in [1.807, 2.05) is 0 Å². The molecule has 0 N–H and O–H groups in total. The Balaban J connectivity index is 1.48. The molecule has 1 saturated heterocycles. The number of aromatic nitrogens is 1. The van der Waals surface area contributed by atoms with Crippen LogP contribution in [0, 0.1) is 0 Å². The molecular formula is C25H30ClN3O5S2. The molecule has 11 heteroatoms. The normalized spacial score (nSPS) is 14.7. The van der Waals surface area contributed by atoms with Crippen LogP contribution in [0.15, 0.2) is 47.4 Å². The number of rotatable bonds is 11. The summed E-state index contributed by atoms with van der Waals surface area (Å²) in [5.41, 5.74) is 0.614. The summed E-state index contributed by atoms with van der Waals surface area (Å²) in [6.07, 6.45) is 1.09. The molecule has 1 aliphatic heterocycles. The fourth-order valence-electron chi connectivity index (χ4n) is 4.12. The monoisotopic (exact) mass is 551 g/mol. The van der Waals surface area contributed by atoms with Crippen LogP contribution in [0.4, 0.5) is 5.13 Å². The van der Waals surface area contributed by atoms with E-state index in [0.29, 0.717) is 41.2 Å². The van der Waals surface area contributed by atoms with Crippen LogP contribution in [-0.4, -0.2) is 76.5 Å². The maximum Gasteiger partial charge on any atom is 0.228 e. The number of carbonyl (C=O) groups excluding carboxylic acids is 1. The highest BCUT2D eigenvalue weighted by molar-refractivity contribution is 7.91. The molecule has 36 heavy (non-hydrogen) atoms. The maximum absolute atomic E-state index is 13.4. The number of methoxy groups -OCH3 is 1. The maximum atomic E-state index is 13.4. The highest BCUT2D eigenvalue weighted by atomic mass is 35.5. The van der Waals surface area contributed by atoms with Gasteiger partial charge in [-0.15, -0.1) is 0 Å². The van der Waals surface area contributed by atoms with E-state index in [2.05, 4.69) is 4.90 Å². The van der Waals surface area contributed by atoms with Crippen molar-refractivity contribution >= 4 is 54.0 Å². The van der Waals surface area contributed by atoms with Gasteiger partial charge in [0.15, 0.2) is 15.0 Å². The predicted molar refractivity (Wildman–Crippen MR) is 143 cm³/mol. The Morgan fingerprint density at radius 3 is 2.64 bits per heavy atom. The van der Waals surface area contributed by atoms with E-state index in [0.717, 1.165) is 30.8 Å². The van der Waals surface area contributed by atoms with Crippen LogP contribution >= 0.6 is 22.9 Å². The lowest BCUT2D eigenvalue weighted by atomic mass is 10.2. The molecule has 1 fully saturated rings. The van der Waals surface area contributed by atoms with E-state index < -0.39 is 9.84 Å². The van der Waals surface area contributed by atoms with Crippen LogP contribution in [0.25, 0.3) is 10.2 Å². The van der Waals surface area contributed by atoms with Gasteiger partial charge in [-0.2, -0.15) is 0 Å². The van der Waals surface area contributed by atoms with Crippen molar-refractivity contribution < 1.29 is 22.7 Å². The van der Waals surface area contributed by atoms with E-state index in [1.165, 1.54) is 11.3 Å². The summed E-state index contributed by atoms with van der Waals surface area (Å²) in [5, 5.41) is 1.08. The van der Waals surface area contributed by atoms with Crippen molar-refractivity contribution in [3.8, 4) is 5.75 Å². The van der Waals surface area contributed by atoms with E-state index in [9.17, 15) is 13.2 Å². The van der Waals surface area contributed by atoms with Gasteiger partial charge in [-0.1, -0.05) is 41.1 Å². The molecule has 2 heterocycles. The number of ether oxygens (including phenoxy) is 2. The number of amides is 1. The van der Waals surface area contributed by atoms with Crippen molar-refractivity contribution in [1.82, 2.24) is 9.88 Å². The number of sulfone groups is 1. The van der Waals surface area contributed by atoms with Gasteiger partial charge in [0.25, 0.3) is 0 Å². The topological polar surface area (TPSA) is 89.0 Å². The number of thiazole rings is 1. The fourth-order valence-corrected chi connectivity index (χ4v) is 6.75. The SMILES string of the molecule is COc1ccc(Cl)c2sc(N(CCCN3CCOCC3)C(=O)CCCS(=O)(=O)c3ccccc3)nc12. The zero-order valence-electron chi connectivity index (χ0n) is 20.2. The lowest BCUT2D eigenvalue weighted by molar-refractivity contribution is -0.118. The predicted octanol–water partition coefficient (Wildman–Crippen LogP) is 4.27. The molecule has 0 spiro atoms. The van der Waals surface area contributed by atoms with Crippen molar-refractivity contribution in [2.24, 2.45) is 0 Å². The van der Waals surface area contributed by atoms with Crippen LogP contribution < -0.4 is 9.64 Å². The Labute approximate surface area is 220 Å². The minimum Gasteiger partial charge on any atom is -0.494 e. The summed E-state index contributed by atoms with van der Waals surface area (Å²) in [4.78, 5) is 22.3. The molecule has 1 aromatic heterocycles. The van der Waals surface area contributed by atoms with Crippen LogP contribution in [0.1, 0.15) is 19.3 Å². The minimum absolute atomic E-state index is 0.0934. The van der Waals surface area contributed by atoms with E-state index in [-0.39, 0.29) is 29.4 Å². The van der Waals surface area contributed by atoms with E-state index in [4.69, 9.17) is 26.1 Å². The second-order valence-corrected chi connectivity index (χ2v) is 12.0. The number of hydrogen-bond donors (Lipinski definition) is 0. The first-order chi connectivity index (χ1) is 17.4. The second-order valence-electron chi connectivity index (χ2n) is 8.51. The van der Waals surface area contributed by atoms with Crippen LogP contribution in [0.5, 0.6) is 5.75 Å². The van der Waals surface area contributed by atoms with Gasteiger partial charge in [0.1, 0.15) is 11.3 Å². The molecule has 4 rings (SSSR count). The Hall–Kier alpha value is -2.24. The molecule has 0 saturated carbocycles. The third-order valence-electron chi connectivity index (χ3n) is 6.06. The molecule has 3 aromatic rings. The summed E-state index contributed by atoms with van der Waals surface area (Å²) in [6, 6.07) is 11.8. The van der Waals surface area contributed by atoms with Crippen molar-refractivity contribution in [3.63, 3.8) is 0 Å². The lowest BCUT2D eigenvalue weighted by Gasteiger charge is -2.27. The molecule has 194 valence electrons. The molecule has 0 atom stereocenters. The number of halogens is 1. The third-order valence-corrected chi connectivity index (χ3v) is 9.42. The smallest absolute Gasteiger partial charge is 0.228 e.